The van der Waals surface area contributed by atoms with Crippen LogP contribution < -0.4 is 10.6 Å². The first-order valence-electron chi connectivity index (χ1n) is 7.69. The molecular formula is C16H22BrClN2. The van der Waals surface area contributed by atoms with Crippen LogP contribution in [0.2, 0.25) is 5.02 Å². The Balaban J connectivity index is 1.74. The third-order valence-electron chi connectivity index (χ3n) is 4.73. The van der Waals surface area contributed by atoms with Crippen molar-refractivity contribution in [2.24, 2.45) is 5.92 Å². The van der Waals surface area contributed by atoms with Crippen molar-refractivity contribution >= 4 is 33.2 Å². The summed E-state index contributed by atoms with van der Waals surface area (Å²) < 4.78 is 0.991. The summed E-state index contributed by atoms with van der Waals surface area (Å²) in [7, 11) is 0. The van der Waals surface area contributed by atoms with Gasteiger partial charge in [0.05, 0.1) is 15.2 Å². The maximum atomic E-state index is 6.20. The van der Waals surface area contributed by atoms with Gasteiger partial charge in [0.2, 0.25) is 0 Å². The lowest BCUT2D eigenvalue weighted by Gasteiger charge is -2.37. The van der Waals surface area contributed by atoms with E-state index in [1.54, 1.807) is 0 Å². The number of benzene rings is 1. The van der Waals surface area contributed by atoms with E-state index in [9.17, 15) is 0 Å². The fraction of sp³-hybridized carbons (Fsp3) is 0.625. The smallest absolute Gasteiger partial charge is 0.0593 e. The molecule has 0 bridgehead atoms. The van der Waals surface area contributed by atoms with Crippen molar-refractivity contribution in [3.05, 3.63) is 27.7 Å². The van der Waals surface area contributed by atoms with Gasteiger partial charge in [0.1, 0.15) is 0 Å². The number of nitrogens with one attached hydrogen (secondary N) is 2. The summed E-state index contributed by atoms with van der Waals surface area (Å²) in [6.07, 6.45) is 7.97. The first-order chi connectivity index (χ1) is 9.75. The van der Waals surface area contributed by atoms with Gasteiger partial charge in [-0.15, -0.1) is 0 Å². The highest BCUT2D eigenvalue weighted by Gasteiger charge is 2.33. The second-order valence-corrected chi connectivity index (χ2v) is 7.20. The minimum absolute atomic E-state index is 0.564. The predicted molar refractivity (Wildman–Crippen MR) is 89.5 cm³/mol. The average molecular weight is 358 g/mol. The van der Waals surface area contributed by atoms with Gasteiger partial charge in [-0.3, -0.25) is 0 Å². The van der Waals surface area contributed by atoms with Gasteiger partial charge in [-0.25, -0.2) is 0 Å². The molecule has 0 radical (unpaired) electrons. The third-order valence-corrected chi connectivity index (χ3v) is 6.12. The molecule has 2 N–H and O–H groups in total. The first-order valence-corrected chi connectivity index (χ1v) is 8.87. The second-order valence-electron chi connectivity index (χ2n) is 6.00. The van der Waals surface area contributed by atoms with Crippen molar-refractivity contribution in [1.82, 2.24) is 5.32 Å². The van der Waals surface area contributed by atoms with E-state index in [1.165, 1.54) is 45.1 Å². The summed E-state index contributed by atoms with van der Waals surface area (Å²) in [6, 6.07) is 7.32. The van der Waals surface area contributed by atoms with Crippen LogP contribution in [-0.2, 0) is 0 Å². The molecule has 0 spiro atoms. The molecule has 2 fully saturated rings. The molecule has 1 saturated carbocycles. The minimum Gasteiger partial charge on any atom is -0.381 e. The number of hydrogen-bond acceptors (Lipinski definition) is 2. The van der Waals surface area contributed by atoms with Crippen molar-refractivity contribution in [1.29, 1.82) is 0 Å². The van der Waals surface area contributed by atoms with E-state index in [-0.39, 0.29) is 0 Å². The van der Waals surface area contributed by atoms with Gasteiger partial charge in [0.25, 0.3) is 0 Å². The zero-order valence-corrected chi connectivity index (χ0v) is 14.0. The molecule has 3 atom stereocenters. The number of anilines is 1. The molecule has 110 valence electrons. The summed E-state index contributed by atoms with van der Waals surface area (Å²) in [5.74, 6) is 0.747. The molecule has 1 aliphatic carbocycles. The van der Waals surface area contributed by atoms with E-state index >= 15 is 0 Å². The van der Waals surface area contributed by atoms with E-state index in [0.29, 0.717) is 12.1 Å². The van der Waals surface area contributed by atoms with Gasteiger partial charge < -0.3 is 10.6 Å². The van der Waals surface area contributed by atoms with E-state index in [2.05, 4.69) is 32.6 Å². The zero-order chi connectivity index (χ0) is 13.9. The molecule has 1 aromatic carbocycles. The largest absolute Gasteiger partial charge is 0.381 e. The van der Waals surface area contributed by atoms with Gasteiger partial charge in [0, 0.05) is 12.1 Å². The Morgan fingerprint density at radius 2 is 2.00 bits per heavy atom. The molecule has 1 heterocycles. The van der Waals surface area contributed by atoms with Gasteiger partial charge >= 0.3 is 0 Å². The molecule has 2 aliphatic rings. The Morgan fingerprint density at radius 3 is 2.80 bits per heavy atom. The molecule has 4 heteroatoms. The lowest BCUT2D eigenvalue weighted by Crippen LogP contribution is -2.43. The van der Waals surface area contributed by atoms with Crippen LogP contribution in [0.5, 0.6) is 0 Å². The summed E-state index contributed by atoms with van der Waals surface area (Å²) >= 11 is 9.80. The molecule has 1 aliphatic heterocycles. The van der Waals surface area contributed by atoms with Crippen LogP contribution >= 0.6 is 27.5 Å². The highest BCUT2D eigenvalue weighted by atomic mass is 79.9. The van der Waals surface area contributed by atoms with Crippen molar-refractivity contribution in [3.8, 4) is 0 Å². The van der Waals surface area contributed by atoms with Gasteiger partial charge in [-0.05, 0) is 66.2 Å². The van der Waals surface area contributed by atoms with Crippen LogP contribution in [0.3, 0.4) is 0 Å². The zero-order valence-electron chi connectivity index (χ0n) is 11.7. The monoisotopic (exact) mass is 356 g/mol. The Morgan fingerprint density at radius 1 is 1.15 bits per heavy atom. The summed E-state index contributed by atoms with van der Waals surface area (Å²) in [5.41, 5.74) is 1.13. The molecule has 1 saturated heterocycles. The quantitative estimate of drug-likeness (QED) is 0.810. The minimum atomic E-state index is 0.564. The molecule has 2 nitrogen and oxygen atoms in total. The maximum absolute atomic E-state index is 6.20. The van der Waals surface area contributed by atoms with Crippen molar-refractivity contribution in [2.75, 3.05) is 11.9 Å². The fourth-order valence-corrected chi connectivity index (χ4v) is 4.27. The van der Waals surface area contributed by atoms with Crippen molar-refractivity contribution < 1.29 is 0 Å². The Hall–Kier alpha value is -0.250. The Kier molecular flexibility index (Phi) is 4.90. The molecule has 0 aromatic heterocycles. The van der Waals surface area contributed by atoms with E-state index in [4.69, 9.17) is 11.6 Å². The summed E-state index contributed by atoms with van der Waals surface area (Å²) in [6.45, 7) is 1.19. The van der Waals surface area contributed by atoms with Crippen LogP contribution in [0.15, 0.2) is 22.7 Å². The average Bonchev–Trinajstić information content (AvgIpc) is 2.98. The standard InChI is InChI=1S/C16H22BrClN2/c17-16-12(18)6-3-8-15(16)20-14-7-2-1-5-11(14)13-9-4-10-19-13/h3,6,8,11,13-14,19-20H,1-2,4-5,7,9-10H2. The maximum Gasteiger partial charge on any atom is 0.0593 e. The van der Waals surface area contributed by atoms with E-state index in [1.807, 2.05) is 12.1 Å². The topological polar surface area (TPSA) is 24.1 Å². The molecule has 3 rings (SSSR count). The SMILES string of the molecule is Clc1cccc(NC2CCCCC2C2CCCN2)c1Br. The van der Waals surface area contributed by atoms with Gasteiger partial charge in [-0.1, -0.05) is 30.5 Å². The van der Waals surface area contributed by atoms with E-state index in [0.717, 1.165) is 21.1 Å². The van der Waals surface area contributed by atoms with Crippen molar-refractivity contribution in [2.45, 2.75) is 50.6 Å². The van der Waals surface area contributed by atoms with Gasteiger partial charge in [0.15, 0.2) is 0 Å². The van der Waals surface area contributed by atoms with Crippen LogP contribution in [0, 0.1) is 5.92 Å². The number of rotatable bonds is 3. The Bertz CT molecular complexity index is 460. The normalized spacial score (nSPS) is 30.4. The van der Waals surface area contributed by atoms with Crippen LogP contribution in [0.25, 0.3) is 0 Å². The highest BCUT2D eigenvalue weighted by molar-refractivity contribution is 9.10. The Labute approximate surface area is 134 Å². The third kappa shape index (κ3) is 3.15. The fourth-order valence-electron chi connectivity index (χ4n) is 3.71. The molecule has 1 aromatic rings. The van der Waals surface area contributed by atoms with Crippen LogP contribution in [0.1, 0.15) is 38.5 Å². The number of hydrogen-bond donors (Lipinski definition) is 2. The lowest BCUT2D eigenvalue weighted by molar-refractivity contribution is 0.262. The molecule has 0 amide bonds. The highest BCUT2D eigenvalue weighted by Crippen LogP contribution is 2.36. The lowest BCUT2D eigenvalue weighted by atomic mass is 9.79. The van der Waals surface area contributed by atoms with Crippen LogP contribution in [0.4, 0.5) is 5.69 Å². The molecule has 20 heavy (non-hydrogen) atoms. The number of halogens is 2. The molecular weight excluding hydrogens is 336 g/mol. The summed E-state index contributed by atoms with van der Waals surface area (Å²) in [4.78, 5) is 0. The second kappa shape index (κ2) is 6.67. The van der Waals surface area contributed by atoms with Crippen LogP contribution in [-0.4, -0.2) is 18.6 Å². The first kappa shape index (κ1) is 14.7. The molecule has 3 unspecified atom stereocenters. The summed E-state index contributed by atoms with van der Waals surface area (Å²) in [5, 5.41) is 8.21. The van der Waals surface area contributed by atoms with Crippen molar-refractivity contribution in [3.63, 3.8) is 0 Å². The van der Waals surface area contributed by atoms with Gasteiger partial charge in [-0.2, -0.15) is 0 Å². The van der Waals surface area contributed by atoms with E-state index < -0.39 is 0 Å². The predicted octanol–water partition coefficient (Wildman–Crippen LogP) is 4.83.